The minimum atomic E-state index is -0.779. The molecule has 1 heterocycles. The summed E-state index contributed by atoms with van der Waals surface area (Å²) in [5.41, 5.74) is 4.59. The summed E-state index contributed by atoms with van der Waals surface area (Å²) < 4.78 is 5.61. The molecule has 2 aliphatic carbocycles. The van der Waals surface area contributed by atoms with Gasteiger partial charge in [-0.2, -0.15) is 0 Å². The number of hydrogen-bond acceptors (Lipinski definition) is 4. The second-order valence-electron chi connectivity index (χ2n) is 9.25. The number of piperidine rings is 1. The maximum Gasteiger partial charge on any atom is 0.407 e. The van der Waals surface area contributed by atoms with Gasteiger partial charge in [0, 0.05) is 19.0 Å². The number of fused-ring (bicyclic) bond motifs is 4. The van der Waals surface area contributed by atoms with Crippen molar-refractivity contribution >= 4 is 18.0 Å². The minimum absolute atomic E-state index is 0.0397. The molecule has 2 unspecified atom stereocenters. The van der Waals surface area contributed by atoms with E-state index in [0.717, 1.165) is 28.7 Å². The number of rotatable bonds is 7. The topological polar surface area (TPSA) is 95.9 Å². The first-order chi connectivity index (χ1) is 16.0. The van der Waals surface area contributed by atoms with Crippen LogP contribution in [0.1, 0.15) is 36.8 Å². The number of ether oxygens (including phenoxy) is 1. The molecule has 2 aromatic carbocycles. The quantitative estimate of drug-likeness (QED) is 0.676. The van der Waals surface area contributed by atoms with E-state index in [1.807, 2.05) is 31.2 Å². The molecule has 33 heavy (non-hydrogen) atoms. The summed E-state index contributed by atoms with van der Waals surface area (Å²) in [6, 6.07) is 15.6. The maximum atomic E-state index is 13.0. The number of alkyl carbamates (subject to hydrolysis) is 1. The Morgan fingerprint density at radius 3 is 2.15 bits per heavy atom. The molecule has 5 rings (SSSR count). The van der Waals surface area contributed by atoms with Gasteiger partial charge in [0.1, 0.15) is 12.6 Å². The van der Waals surface area contributed by atoms with Gasteiger partial charge in [-0.25, -0.2) is 4.79 Å². The van der Waals surface area contributed by atoms with Gasteiger partial charge in [0.25, 0.3) is 0 Å². The lowest BCUT2D eigenvalue weighted by Gasteiger charge is -2.26. The van der Waals surface area contributed by atoms with E-state index in [-0.39, 0.29) is 36.2 Å². The number of aliphatic carboxylic acids is 1. The van der Waals surface area contributed by atoms with Gasteiger partial charge in [0.15, 0.2) is 0 Å². The Morgan fingerprint density at radius 2 is 1.61 bits per heavy atom. The Labute approximate surface area is 192 Å². The number of carbonyl (C=O) groups is 3. The number of nitrogens with zero attached hydrogens (tertiary/aromatic N) is 1. The molecule has 0 spiro atoms. The number of nitrogens with one attached hydrogen (secondary N) is 1. The Kier molecular flexibility index (Phi) is 5.56. The second kappa shape index (κ2) is 8.54. The van der Waals surface area contributed by atoms with Crippen LogP contribution in [0.2, 0.25) is 0 Å². The minimum Gasteiger partial charge on any atom is -0.481 e. The van der Waals surface area contributed by atoms with Gasteiger partial charge >= 0.3 is 12.1 Å². The predicted octanol–water partition coefficient (Wildman–Crippen LogP) is 3.48. The van der Waals surface area contributed by atoms with Gasteiger partial charge in [0.2, 0.25) is 5.91 Å². The molecule has 2 fully saturated rings. The van der Waals surface area contributed by atoms with Crippen LogP contribution in [0.25, 0.3) is 11.1 Å². The van der Waals surface area contributed by atoms with Gasteiger partial charge in [-0.05, 0) is 40.5 Å². The summed E-state index contributed by atoms with van der Waals surface area (Å²) in [4.78, 5) is 38.6. The van der Waals surface area contributed by atoms with Crippen molar-refractivity contribution in [3.63, 3.8) is 0 Å². The summed E-state index contributed by atoms with van der Waals surface area (Å²) in [5, 5.41) is 12.0. The third-order valence-electron chi connectivity index (χ3n) is 7.30. The summed E-state index contributed by atoms with van der Waals surface area (Å²) in [6.45, 7) is 3.06. The summed E-state index contributed by atoms with van der Waals surface area (Å²) in [7, 11) is 0. The van der Waals surface area contributed by atoms with Crippen molar-refractivity contribution in [2.45, 2.75) is 31.7 Å². The monoisotopic (exact) mass is 448 g/mol. The summed E-state index contributed by atoms with van der Waals surface area (Å²) in [5.74, 6) is -1.21. The highest BCUT2D eigenvalue weighted by Gasteiger charge is 2.60. The molecule has 172 valence electrons. The predicted molar refractivity (Wildman–Crippen MR) is 122 cm³/mol. The third kappa shape index (κ3) is 3.86. The fourth-order valence-electron chi connectivity index (χ4n) is 5.62. The van der Waals surface area contributed by atoms with E-state index in [2.05, 4.69) is 29.6 Å². The fraction of sp³-hybridized carbons (Fsp3) is 0.423. The lowest BCUT2D eigenvalue weighted by molar-refractivity contribution is -0.141. The summed E-state index contributed by atoms with van der Waals surface area (Å²) >= 11 is 0. The Balaban J connectivity index is 1.20. The average molecular weight is 449 g/mol. The normalized spacial score (nSPS) is 23.3. The van der Waals surface area contributed by atoms with E-state index in [9.17, 15) is 19.5 Å². The van der Waals surface area contributed by atoms with Gasteiger partial charge < -0.3 is 20.1 Å². The van der Waals surface area contributed by atoms with Crippen LogP contribution in [-0.2, 0) is 14.3 Å². The van der Waals surface area contributed by atoms with Gasteiger partial charge in [-0.15, -0.1) is 0 Å². The highest BCUT2D eigenvalue weighted by atomic mass is 16.5. The highest BCUT2D eigenvalue weighted by molar-refractivity contribution is 5.87. The average Bonchev–Trinajstić information content (AvgIpc) is 3.17. The van der Waals surface area contributed by atoms with Crippen LogP contribution in [0, 0.1) is 17.8 Å². The zero-order valence-corrected chi connectivity index (χ0v) is 18.6. The highest BCUT2D eigenvalue weighted by Crippen LogP contribution is 2.51. The van der Waals surface area contributed by atoms with Crippen LogP contribution in [-0.4, -0.2) is 53.7 Å². The fourth-order valence-corrected chi connectivity index (χ4v) is 5.62. The van der Waals surface area contributed by atoms with Crippen molar-refractivity contribution in [1.29, 1.82) is 0 Å². The van der Waals surface area contributed by atoms with Crippen molar-refractivity contribution in [3.05, 3.63) is 59.7 Å². The SMILES string of the molecule is CCCC(NC(=O)OCC1c2ccccc2-c2ccccc21)C(=O)N1C[C@@H]2C(C(=O)O)[C@@H]2C1. The van der Waals surface area contributed by atoms with Crippen LogP contribution < -0.4 is 5.32 Å². The second-order valence-corrected chi connectivity index (χ2v) is 9.25. The standard InChI is InChI=1S/C26H28N2O5/c1-2-7-22(24(29)28-12-19-20(13-28)23(19)25(30)31)27-26(32)33-14-21-17-10-5-3-8-15(17)16-9-4-6-11-18(16)21/h3-6,8-11,19-23H,2,7,12-14H2,1H3,(H,27,32)(H,30,31)/t19-,20+,22?,23?. The molecule has 7 heteroatoms. The molecule has 4 atom stereocenters. The van der Waals surface area contributed by atoms with E-state index in [1.54, 1.807) is 4.90 Å². The van der Waals surface area contributed by atoms with Gasteiger partial charge in [-0.1, -0.05) is 61.9 Å². The molecular formula is C26H28N2O5. The molecule has 2 aromatic rings. The number of amides is 2. The van der Waals surface area contributed by atoms with Gasteiger partial charge in [-0.3, -0.25) is 9.59 Å². The lowest BCUT2D eigenvalue weighted by Crippen LogP contribution is -2.49. The molecule has 0 radical (unpaired) electrons. The number of carboxylic acid groups (broad SMARTS) is 1. The molecule has 1 saturated heterocycles. The van der Waals surface area contributed by atoms with Crippen LogP contribution in [0.4, 0.5) is 4.79 Å². The van der Waals surface area contributed by atoms with E-state index in [4.69, 9.17) is 4.74 Å². The molecular weight excluding hydrogens is 420 g/mol. The van der Waals surface area contributed by atoms with Gasteiger partial charge in [0.05, 0.1) is 5.92 Å². The first-order valence-electron chi connectivity index (χ1n) is 11.6. The first-order valence-corrected chi connectivity index (χ1v) is 11.6. The number of carbonyl (C=O) groups excluding carboxylic acids is 2. The van der Waals surface area contributed by atoms with E-state index in [0.29, 0.717) is 19.5 Å². The van der Waals surface area contributed by atoms with Crippen molar-refractivity contribution in [1.82, 2.24) is 10.2 Å². The number of benzene rings is 2. The van der Waals surface area contributed by atoms with E-state index >= 15 is 0 Å². The molecule has 1 aliphatic heterocycles. The number of hydrogen-bond donors (Lipinski definition) is 2. The molecule has 0 bridgehead atoms. The third-order valence-corrected chi connectivity index (χ3v) is 7.30. The number of carboxylic acids is 1. The molecule has 3 aliphatic rings. The van der Waals surface area contributed by atoms with Crippen molar-refractivity contribution in [2.24, 2.45) is 17.8 Å². The zero-order valence-electron chi connectivity index (χ0n) is 18.6. The van der Waals surface area contributed by atoms with Crippen LogP contribution in [0.5, 0.6) is 0 Å². The van der Waals surface area contributed by atoms with Crippen LogP contribution >= 0.6 is 0 Å². The molecule has 0 aromatic heterocycles. The smallest absolute Gasteiger partial charge is 0.407 e. The zero-order chi connectivity index (χ0) is 23.1. The van der Waals surface area contributed by atoms with Crippen molar-refractivity contribution in [3.8, 4) is 11.1 Å². The summed E-state index contributed by atoms with van der Waals surface area (Å²) in [6.07, 6.45) is 0.645. The maximum absolute atomic E-state index is 13.0. The van der Waals surface area contributed by atoms with Crippen LogP contribution in [0.3, 0.4) is 0 Å². The molecule has 2 amide bonds. The van der Waals surface area contributed by atoms with Crippen LogP contribution in [0.15, 0.2) is 48.5 Å². The number of likely N-dealkylation sites (tertiary alicyclic amines) is 1. The van der Waals surface area contributed by atoms with E-state index in [1.165, 1.54) is 0 Å². The Morgan fingerprint density at radius 1 is 1.03 bits per heavy atom. The van der Waals surface area contributed by atoms with E-state index < -0.39 is 18.1 Å². The van der Waals surface area contributed by atoms with Crippen molar-refractivity contribution in [2.75, 3.05) is 19.7 Å². The lowest BCUT2D eigenvalue weighted by atomic mass is 9.98. The molecule has 7 nitrogen and oxygen atoms in total. The molecule has 2 N–H and O–H groups in total. The largest absolute Gasteiger partial charge is 0.481 e. The Hall–Kier alpha value is -3.35. The van der Waals surface area contributed by atoms with Crippen molar-refractivity contribution < 1.29 is 24.2 Å². The molecule has 1 saturated carbocycles. The Bertz CT molecular complexity index is 1040. The first kappa shape index (κ1) is 21.5.